The highest BCUT2D eigenvalue weighted by atomic mass is 16.4. The van der Waals surface area contributed by atoms with Crippen molar-refractivity contribution in [3.8, 4) is 0 Å². The number of nitrogens with zero attached hydrogens (tertiary/aromatic N) is 1. The number of aliphatic hydroxyl groups excluding tert-OH is 5. The lowest BCUT2D eigenvalue weighted by Gasteiger charge is -2.36. The molecule has 1 aromatic carbocycles. The number of hydrogen-bond acceptors (Lipinski definition) is 7. The van der Waals surface area contributed by atoms with Crippen LogP contribution in [0.25, 0.3) is 0 Å². The molecule has 27 heavy (non-hydrogen) atoms. The molecule has 1 unspecified atom stereocenters. The molecule has 0 heterocycles. The van der Waals surface area contributed by atoms with Gasteiger partial charge < -0.3 is 31.3 Å². The van der Waals surface area contributed by atoms with Gasteiger partial charge in [-0.15, -0.1) is 0 Å². The highest BCUT2D eigenvalue weighted by Crippen LogP contribution is 2.24. The maximum Gasteiger partial charge on any atom is 0.111 e. The fraction of sp³-hybridized carbons (Fsp3) is 0.700. The molecule has 0 aliphatic heterocycles. The molecule has 5 atom stereocenters. The van der Waals surface area contributed by atoms with Gasteiger partial charge in [-0.2, -0.15) is 0 Å². The summed E-state index contributed by atoms with van der Waals surface area (Å²) in [4.78, 5) is 1.92. The third kappa shape index (κ3) is 7.12. The second-order valence-electron chi connectivity index (χ2n) is 8.20. The molecule has 1 aromatic rings. The number of aliphatic hydroxyl groups is 5. The maximum absolute atomic E-state index is 10.3. The highest BCUT2D eigenvalue weighted by Gasteiger charge is 2.39. The minimum atomic E-state index is -1.66. The Morgan fingerprint density at radius 3 is 1.85 bits per heavy atom. The summed E-state index contributed by atoms with van der Waals surface area (Å²) in [7, 11) is 0. The fourth-order valence-electron chi connectivity index (χ4n) is 2.85. The lowest BCUT2D eigenvalue weighted by atomic mass is 9.82. The molecule has 0 radical (unpaired) electrons. The molecule has 0 fully saturated rings. The van der Waals surface area contributed by atoms with Gasteiger partial charge in [-0.1, -0.05) is 52.0 Å². The van der Waals surface area contributed by atoms with Crippen LogP contribution in [-0.4, -0.2) is 74.0 Å². The first-order chi connectivity index (χ1) is 12.5. The first-order valence-electron chi connectivity index (χ1n) is 9.41. The topological polar surface area (TPSA) is 130 Å². The van der Waals surface area contributed by atoms with Gasteiger partial charge in [-0.3, -0.25) is 4.90 Å². The molecule has 0 aliphatic rings. The van der Waals surface area contributed by atoms with E-state index in [-0.39, 0.29) is 6.54 Å². The molecule has 7 heteroatoms. The predicted molar refractivity (Wildman–Crippen MR) is 105 cm³/mol. The number of nitrogens with two attached hydrogens (primary N) is 1. The zero-order valence-corrected chi connectivity index (χ0v) is 16.8. The standard InChI is InChI=1S/C20H36N2O5/c1-5-22(11-14-8-6-13(10-21)7-9-14)12-15(23)16(24)17(25)18(26)19(27)20(2,3)4/h6-9,15-19,23-27H,5,10-12,21H2,1-4H3/t15-,16+,17-,18-,19?/m0/s1. The van der Waals surface area contributed by atoms with Gasteiger partial charge in [0.15, 0.2) is 0 Å². The van der Waals surface area contributed by atoms with Crippen LogP contribution in [0.1, 0.15) is 38.8 Å². The van der Waals surface area contributed by atoms with Crippen molar-refractivity contribution in [2.24, 2.45) is 11.1 Å². The van der Waals surface area contributed by atoms with Crippen LogP contribution in [-0.2, 0) is 13.1 Å². The number of benzene rings is 1. The van der Waals surface area contributed by atoms with E-state index in [0.29, 0.717) is 19.6 Å². The van der Waals surface area contributed by atoms with Crippen LogP contribution in [0.5, 0.6) is 0 Å². The largest absolute Gasteiger partial charge is 0.390 e. The molecular formula is C20H36N2O5. The Kier molecular flexibility index (Phi) is 9.30. The van der Waals surface area contributed by atoms with Crippen LogP contribution >= 0.6 is 0 Å². The Balaban J connectivity index is 2.68. The lowest BCUT2D eigenvalue weighted by molar-refractivity contribution is -0.154. The van der Waals surface area contributed by atoms with Crippen molar-refractivity contribution in [2.75, 3.05) is 13.1 Å². The van der Waals surface area contributed by atoms with Gasteiger partial charge in [0.2, 0.25) is 0 Å². The van der Waals surface area contributed by atoms with Crippen LogP contribution in [0.3, 0.4) is 0 Å². The first kappa shape index (κ1) is 24.0. The average molecular weight is 385 g/mol. The van der Waals surface area contributed by atoms with Crippen molar-refractivity contribution in [2.45, 2.75) is 71.3 Å². The number of rotatable bonds is 10. The van der Waals surface area contributed by atoms with Crippen molar-refractivity contribution in [3.05, 3.63) is 35.4 Å². The predicted octanol–water partition coefficient (Wildman–Crippen LogP) is -0.182. The van der Waals surface area contributed by atoms with E-state index in [9.17, 15) is 25.5 Å². The van der Waals surface area contributed by atoms with E-state index in [0.717, 1.165) is 11.1 Å². The SMILES string of the molecule is CCN(Cc1ccc(CN)cc1)C[C@H](O)[C@@H](O)[C@H](O)[C@H](O)C(O)C(C)(C)C. The van der Waals surface area contributed by atoms with Crippen LogP contribution < -0.4 is 5.73 Å². The molecular weight excluding hydrogens is 348 g/mol. The summed E-state index contributed by atoms with van der Waals surface area (Å²) in [5.74, 6) is 0. The smallest absolute Gasteiger partial charge is 0.111 e. The maximum atomic E-state index is 10.3. The Labute approximate surface area is 162 Å². The molecule has 0 saturated carbocycles. The van der Waals surface area contributed by atoms with E-state index in [1.807, 2.05) is 36.1 Å². The third-order valence-corrected chi connectivity index (χ3v) is 4.86. The molecule has 1 rings (SSSR count). The van der Waals surface area contributed by atoms with E-state index in [1.165, 1.54) is 0 Å². The van der Waals surface area contributed by atoms with Gasteiger partial charge in [0.05, 0.1) is 12.2 Å². The van der Waals surface area contributed by atoms with Crippen molar-refractivity contribution in [3.63, 3.8) is 0 Å². The molecule has 0 aliphatic carbocycles. The van der Waals surface area contributed by atoms with Crippen LogP contribution in [0.2, 0.25) is 0 Å². The van der Waals surface area contributed by atoms with Gasteiger partial charge in [-0.25, -0.2) is 0 Å². The minimum absolute atomic E-state index is 0.117. The third-order valence-electron chi connectivity index (χ3n) is 4.86. The van der Waals surface area contributed by atoms with E-state index < -0.39 is 35.9 Å². The normalized spacial score (nSPS) is 18.2. The Morgan fingerprint density at radius 1 is 0.889 bits per heavy atom. The van der Waals surface area contributed by atoms with Gasteiger partial charge in [0.25, 0.3) is 0 Å². The lowest BCUT2D eigenvalue weighted by Crippen LogP contribution is -2.54. The zero-order valence-electron chi connectivity index (χ0n) is 16.8. The van der Waals surface area contributed by atoms with E-state index in [2.05, 4.69) is 0 Å². The average Bonchev–Trinajstić information content (AvgIpc) is 2.64. The summed E-state index contributed by atoms with van der Waals surface area (Å²) in [6.07, 6.45) is -7.31. The zero-order chi connectivity index (χ0) is 20.8. The number of likely N-dealkylation sites (N-methyl/N-ethyl adjacent to an activating group) is 1. The quantitative estimate of drug-likeness (QED) is 0.330. The van der Waals surface area contributed by atoms with E-state index in [1.54, 1.807) is 20.8 Å². The molecule has 7 nitrogen and oxygen atoms in total. The van der Waals surface area contributed by atoms with Crippen LogP contribution in [0.15, 0.2) is 24.3 Å². The molecule has 0 amide bonds. The van der Waals surface area contributed by atoms with Crippen molar-refractivity contribution < 1.29 is 25.5 Å². The molecule has 0 spiro atoms. The summed E-state index contributed by atoms with van der Waals surface area (Å²) in [5, 5.41) is 51.0. The first-order valence-corrected chi connectivity index (χ1v) is 9.41. The van der Waals surface area contributed by atoms with E-state index >= 15 is 0 Å². The summed E-state index contributed by atoms with van der Waals surface area (Å²) in [6.45, 7) is 8.86. The number of hydrogen-bond donors (Lipinski definition) is 6. The second-order valence-corrected chi connectivity index (χ2v) is 8.20. The Bertz CT molecular complexity index is 546. The van der Waals surface area contributed by atoms with Crippen LogP contribution in [0.4, 0.5) is 0 Å². The summed E-state index contributed by atoms with van der Waals surface area (Å²) < 4.78 is 0. The summed E-state index contributed by atoms with van der Waals surface area (Å²) >= 11 is 0. The molecule has 0 aromatic heterocycles. The monoisotopic (exact) mass is 384 g/mol. The highest BCUT2D eigenvalue weighted by molar-refractivity contribution is 5.22. The Morgan fingerprint density at radius 2 is 1.41 bits per heavy atom. The van der Waals surface area contributed by atoms with Gasteiger partial charge in [0, 0.05) is 19.6 Å². The molecule has 7 N–H and O–H groups in total. The van der Waals surface area contributed by atoms with Gasteiger partial charge in [-0.05, 0) is 23.1 Å². The van der Waals surface area contributed by atoms with Gasteiger partial charge in [0.1, 0.15) is 18.3 Å². The van der Waals surface area contributed by atoms with Gasteiger partial charge >= 0.3 is 0 Å². The minimum Gasteiger partial charge on any atom is -0.390 e. The summed E-state index contributed by atoms with van der Waals surface area (Å²) in [6, 6.07) is 7.82. The van der Waals surface area contributed by atoms with Crippen molar-refractivity contribution in [1.82, 2.24) is 4.90 Å². The van der Waals surface area contributed by atoms with Crippen LogP contribution in [0, 0.1) is 5.41 Å². The Hall–Kier alpha value is -1.06. The van der Waals surface area contributed by atoms with Crippen molar-refractivity contribution in [1.29, 1.82) is 0 Å². The summed E-state index contributed by atoms with van der Waals surface area (Å²) in [5.41, 5.74) is 7.00. The molecule has 156 valence electrons. The van der Waals surface area contributed by atoms with Crippen molar-refractivity contribution >= 4 is 0 Å². The second kappa shape index (κ2) is 10.5. The molecule has 0 saturated heterocycles. The molecule has 0 bridgehead atoms. The van der Waals surface area contributed by atoms with E-state index in [4.69, 9.17) is 5.73 Å². The fourth-order valence-corrected chi connectivity index (χ4v) is 2.85.